The van der Waals surface area contributed by atoms with Crippen molar-refractivity contribution in [2.45, 2.75) is 12.5 Å². The minimum Gasteiger partial charge on any atom is -0.495 e. The second kappa shape index (κ2) is 5.23. The Bertz CT molecular complexity index is 697. The zero-order valence-corrected chi connectivity index (χ0v) is 11.2. The number of carbonyl (C=O) groups is 2. The molecule has 0 bridgehead atoms. The summed E-state index contributed by atoms with van der Waals surface area (Å²) in [5.74, 6) is 0.202. The molecular weight excluding hydrogens is 274 g/mol. The molecule has 1 aromatic carbocycles. The molecule has 1 atom stereocenters. The number of ether oxygens (including phenoxy) is 1. The third-order valence-electron chi connectivity index (χ3n) is 3.17. The van der Waals surface area contributed by atoms with Gasteiger partial charge in [-0.25, -0.2) is 4.68 Å². The summed E-state index contributed by atoms with van der Waals surface area (Å²) in [6, 6.07) is 6.32. The molecule has 1 aromatic heterocycles. The van der Waals surface area contributed by atoms with E-state index in [2.05, 4.69) is 20.7 Å². The molecule has 0 radical (unpaired) electrons. The van der Waals surface area contributed by atoms with E-state index in [0.717, 1.165) is 0 Å². The van der Waals surface area contributed by atoms with Crippen LogP contribution < -0.4 is 15.4 Å². The van der Waals surface area contributed by atoms with Crippen molar-refractivity contribution < 1.29 is 14.3 Å². The lowest BCUT2D eigenvalue weighted by Crippen LogP contribution is -2.36. The first-order valence-corrected chi connectivity index (χ1v) is 6.32. The van der Waals surface area contributed by atoms with E-state index in [1.807, 2.05) is 0 Å². The molecule has 2 heterocycles. The van der Waals surface area contributed by atoms with E-state index in [1.54, 1.807) is 24.3 Å². The largest absolute Gasteiger partial charge is 0.495 e. The van der Waals surface area contributed by atoms with E-state index < -0.39 is 6.04 Å². The molecule has 108 valence electrons. The molecule has 2 amide bonds. The quantitative estimate of drug-likeness (QED) is 0.870. The maximum absolute atomic E-state index is 12.4. The van der Waals surface area contributed by atoms with Crippen LogP contribution in [0.4, 0.5) is 11.6 Å². The summed E-state index contributed by atoms with van der Waals surface area (Å²) < 4.78 is 6.58. The van der Waals surface area contributed by atoms with E-state index >= 15 is 0 Å². The van der Waals surface area contributed by atoms with E-state index in [1.165, 1.54) is 18.1 Å². The molecular formula is C13H13N5O3. The highest BCUT2D eigenvalue weighted by molar-refractivity contribution is 6.01. The third-order valence-corrected chi connectivity index (χ3v) is 3.17. The van der Waals surface area contributed by atoms with Crippen molar-refractivity contribution in [2.75, 3.05) is 17.7 Å². The van der Waals surface area contributed by atoms with Gasteiger partial charge in [-0.1, -0.05) is 12.1 Å². The summed E-state index contributed by atoms with van der Waals surface area (Å²) in [6.45, 7) is 0. The van der Waals surface area contributed by atoms with E-state index in [0.29, 0.717) is 11.4 Å². The van der Waals surface area contributed by atoms with Crippen molar-refractivity contribution in [1.29, 1.82) is 0 Å². The first-order valence-electron chi connectivity index (χ1n) is 6.32. The van der Waals surface area contributed by atoms with Crippen LogP contribution in [0.25, 0.3) is 0 Å². The molecule has 21 heavy (non-hydrogen) atoms. The van der Waals surface area contributed by atoms with Crippen LogP contribution in [-0.4, -0.2) is 33.7 Å². The number of hydrogen-bond acceptors (Lipinski definition) is 5. The van der Waals surface area contributed by atoms with Crippen LogP contribution in [0.2, 0.25) is 0 Å². The van der Waals surface area contributed by atoms with Gasteiger partial charge in [0.05, 0.1) is 19.2 Å². The maximum Gasteiger partial charge on any atom is 0.250 e. The number of nitrogens with zero attached hydrogens (tertiary/aromatic N) is 3. The molecule has 0 saturated heterocycles. The van der Waals surface area contributed by atoms with Gasteiger partial charge in [-0.3, -0.25) is 14.9 Å². The molecule has 0 unspecified atom stereocenters. The smallest absolute Gasteiger partial charge is 0.250 e. The standard InChI is InChI=1S/C13H13N5O3/c1-21-10-5-3-2-4-8(10)16-12(20)9-6-11(19)17-13-14-7-15-18(9)13/h2-5,7,9H,6H2,1H3,(H,16,20)(H,14,15,17,19)/t9-/m1/s1. The van der Waals surface area contributed by atoms with Crippen LogP contribution >= 0.6 is 0 Å². The summed E-state index contributed by atoms with van der Waals surface area (Å²) >= 11 is 0. The van der Waals surface area contributed by atoms with Gasteiger partial charge in [-0.15, -0.1) is 0 Å². The van der Waals surface area contributed by atoms with Gasteiger partial charge >= 0.3 is 0 Å². The average molecular weight is 287 g/mol. The molecule has 0 spiro atoms. The van der Waals surface area contributed by atoms with Crippen molar-refractivity contribution in [2.24, 2.45) is 0 Å². The van der Waals surface area contributed by atoms with Crippen molar-refractivity contribution in [1.82, 2.24) is 14.8 Å². The molecule has 3 rings (SSSR count). The Kier molecular flexibility index (Phi) is 3.27. The topological polar surface area (TPSA) is 98.1 Å². The number of aromatic nitrogens is 3. The number of methoxy groups -OCH3 is 1. The summed E-state index contributed by atoms with van der Waals surface area (Å²) in [5.41, 5.74) is 0.539. The normalized spacial score (nSPS) is 16.8. The zero-order valence-electron chi connectivity index (χ0n) is 11.2. The molecule has 8 heteroatoms. The Hall–Kier alpha value is -2.90. The van der Waals surface area contributed by atoms with E-state index in [-0.39, 0.29) is 24.2 Å². The Morgan fingerprint density at radius 2 is 2.29 bits per heavy atom. The van der Waals surface area contributed by atoms with Crippen molar-refractivity contribution >= 4 is 23.5 Å². The van der Waals surface area contributed by atoms with Gasteiger partial charge in [-0.2, -0.15) is 10.1 Å². The Labute approximate surface area is 120 Å². The predicted octanol–water partition coefficient (Wildman–Crippen LogP) is 0.809. The fourth-order valence-corrected chi connectivity index (χ4v) is 2.17. The first kappa shape index (κ1) is 13.1. The number of fused-ring (bicyclic) bond motifs is 1. The molecule has 1 aliphatic rings. The number of rotatable bonds is 3. The van der Waals surface area contributed by atoms with Gasteiger partial charge in [0, 0.05) is 0 Å². The van der Waals surface area contributed by atoms with Crippen LogP contribution in [-0.2, 0) is 9.59 Å². The summed E-state index contributed by atoms with van der Waals surface area (Å²) in [6.07, 6.45) is 1.31. The van der Waals surface area contributed by atoms with E-state index in [4.69, 9.17) is 4.74 Å². The predicted molar refractivity (Wildman–Crippen MR) is 73.9 cm³/mol. The Morgan fingerprint density at radius 3 is 3.10 bits per heavy atom. The van der Waals surface area contributed by atoms with Gasteiger partial charge in [0.1, 0.15) is 18.1 Å². The summed E-state index contributed by atoms with van der Waals surface area (Å²) in [4.78, 5) is 27.9. The van der Waals surface area contributed by atoms with Crippen LogP contribution in [0, 0.1) is 0 Å². The highest BCUT2D eigenvalue weighted by atomic mass is 16.5. The fraction of sp³-hybridized carbons (Fsp3) is 0.231. The number of benzene rings is 1. The number of hydrogen-bond donors (Lipinski definition) is 2. The molecule has 0 saturated carbocycles. The molecule has 8 nitrogen and oxygen atoms in total. The summed E-state index contributed by atoms with van der Waals surface area (Å²) in [7, 11) is 1.52. The van der Waals surface area contributed by atoms with Crippen LogP contribution in [0.5, 0.6) is 5.75 Å². The van der Waals surface area contributed by atoms with Gasteiger partial charge in [0.2, 0.25) is 17.8 Å². The number of para-hydroxylation sites is 2. The first-order chi connectivity index (χ1) is 10.2. The average Bonchev–Trinajstić information content (AvgIpc) is 2.94. The molecule has 0 aliphatic carbocycles. The minimum atomic E-state index is -0.735. The number of anilines is 2. The lowest BCUT2D eigenvalue weighted by Gasteiger charge is -2.22. The Balaban J connectivity index is 1.85. The number of amides is 2. The zero-order chi connectivity index (χ0) is 14.8. The van der Waals surface area contributed by atoms with Crippen molar-refractivity contribution in [3.8, 4) is 5.75 Å². The highest BCUT2D eigenvalue weighted by Crippen LogP contribution is 2.27. The lowest BCUT2D eigenvalue weighted by atomic mass is 10.1. The second-order valence-corrected chi connectivity index (χ2v) is 4.49. The molecule has 1 aliphatic heterocycles. The fourth-order valence-electron chi connectivity index (χ4n) is 2.17. The number of nitrogens with one attached hydrogen (secondary N) is 2. The van der Waals surface area contributed by atoms with Crippen LogP contribution in [0.3, 0.4) is 0 Å². The van der Waals surface area contributed by atoms with Crippen molar-refractivity contribution in [3.05, 3.63) is 30.6 Å². The second-order valence-electron chi connectivity index (χ2n) is 4.49. The molecule has 2 aromatic rings. The number of carbonyl (C=O) groups excluding carboxylic acids is 2. The molecule has 0 fully saturated rings. The third kappa shape index (κ3) is 2.42. The monoisotopic (exact) mass is 287 g/mol. The molecule has 2 N–H and O–H groups in total. The minimum absolute atomic E-state index is 0.0113. The van der Waals surface area contributed by atoms with Crippen LogP contribution in [0.1, 0.15) is 12.5 Å². The summed E-state index contributed by atoms with van der Waals surface area (Å²) in [5, 5.41) is 9.28. The highest BCUT2D eigenvalue weighted by Gasteiger charge is 2.32. The van der Waals surface area contributed by atoms with Gasteiger partial charge in [0.25, 0.3) is 0 Å². The lowest BCUT2D eigenvalue weighted by molar-refractivity contribution is -0.125. The van der Waals surface area contributed by atoms with Gasteiger partial charge in [0.15, 0.2) is 0 Å². The Morgan fingerprint density at radius 1 is 1.48 bits per heavy atom. The van der Waals surface area contributed by atoms with E-state index in [9.17, 15) is 9.59 Å². The van der Waals surface area contributed by atoms with Crippen molar-refractivity contribution in [3.63, 3.8) is 0 Å². The maximum atomic E-state index is 12.4. The van der Waals surface area contributed by atoms with Crippen LogP contribution in [0.15, 0.2) is 30.6 Å². The van der Waals surface area contributed by atoms with Gasteiger partial charge in [-0.05, 0) is 12.1 Å². The van der Waals surface area contributed by atoms with Gasteiger partial charge < -0.3 is 10.1 Å². The SMILES string of the molecule is COc1ccccc1NC(=O)[C@H]1CC(=O)Nc2ncnn21.